The molecule has 1 amide bonds. The molecule has 1 aromatic heterocycles. The topological polar surface area (TPSA) is 35.6 Å². The highest BCUT2D eigenvalue weighted by Crippen LogP contribution is 2.30. The van der Waals surface area contributed by atoms with Crippen molar-refractivity contribution < 1.29 is 9.18 Å². The van der Waals surface area contributed by atoms with Crippen molar-refractivity contribution in [2.24, 2.45) is 0 Å². The second-order valence-corrected chi connectivity index (χ2v) is 7.65. The molecule has 140 valence electrons. The Labute approximate surface area is 158 Å². The van der Waals surface area contributed by atoms with Crippen LogP contribution in [0.2, 0.25) is 0 Å². The maximum absolute atomic E-state index is 13.1. The van der Waals surface area contributed by atoms with Gasteiger partial charge >= 0.3 is 0 Å². The highest BCUT2D eigenvalue weighted by Gasteiger charge is 2.30. The average Bonchev–Trinajstić information content (AvgIpc) is 3.17. The van der Waals surface area contributed by atoms with Gasteiger partial charge in [0.15, 0.2) is 0 Å². The zero-order valence-electron chi connectivity index (χ0n) is 15.3. The molecule has 1 saturated heterocycles. The molecular formula is C20H26FN3OS. The summed E-state index contributed by atoms with van der Waals surface area (Å²) in [5.74, 6) is -0.116. The quantitative estimate of drug-likeness (QED) is 0.837. The van der Waals surface area contributed by atoms with Crippen molar-refractivity contribution in [1.29, 1.82) is 0 Å². The number of benzene rings is 1. The SMILES string of the molecule is CCC(=O)N[C@@H](C)[C@@H](c1cccs1)N1CCN(c2ccc(F)cc2)CC1. The highest BCUT2D eigenvalue weighted by molar-refractivity contribution is 7.10. The van der Waals surface area contributed by atoms with Crippen molar-refractivity contribution in [3.05, 3.63) is 52.5 Å². The first-order valence-corrected chi connectivity index (χ1v) is 10.0. The van der Waals surface area contributed by atoms with E-state index in [1.165, 1.54) is 17.0 Å². The first-order valence-electron chi connectivity index (χ1n) is 9.16. The zero-order chi connectivity index (χ0) is 18.5. The van der Waals surface area contributed by atoms with Gasteiger partial charge in [0, 0.05) is 49.2 Å². The summed E-state index contributed by atoms with van der Waals surface area (Å²) in [5, 5.41) is 5.22. The largest absolute Gasteiger partial charge is 0.369 e. The molecule has 0 saturated carbocycles. The van der Waals surface area contributed by atoms with Gasteiger partial charge in [-0.2, -0.15) is 0 Å². The van der Waals surface area contributed by atoms with Gasteiger partial charge in [0.2, 0.25) is 5.91 Å². The lowest BCUT2D eigenvalue weighted by Gasteiger charge is -2.42. The second-order valence-electron chi connectivity index (χ2n) is 6.67. The molecular weight excluding hydrogens is 349 g/mol. The molecule has 1 aliphatic heterocycles. The number of halogens is 1. The van der Waals surface area contributed by atoms with E-state index in [1.807, 2.05) is 19.1 Å². The summed E-state index contributed by atoms with van der Waals surface area (Å²) in [6, 6.07) is 11.2. The lowest BCUT2D eigenvalue weighted by Crippen LogP contribution is -2.52. The number of carbonyl (C=O) groups is 1. The fourth-order valence-corrected chi connectivity index (χ4v) is 4.51. The van der Waals surface area contributed by atoms with E-state index in [0.29, 0.717) is 6.42 Å². The maximum Gasteiger partial charge on any atom is 0.219 e. The molecule has 1 fully saturated rings. The molecule has 26 heavy (non-hydrogen) atoms. The minimum atomic E-state index is -0.203. The Morgan fingerprint density at radius 1 is 1.19 bits per heavy atom. The summed E-state index contributed by atoms with van der Waals surface area (Å²) in [6.07, 6.45) is 0.500. The zero-order valence-corrected chi connectivity index (χ0v) is 16.1. The first-order chi connectivity index (χ1) is 12.6. The van der Waals surface area contributed by atoms with Crippen molar-refractivity contribution in [2.75, 3.05) is 31.1 Å². The Morgan fingerprint density at radius 3 is 2.46 bits per heavy atom. The monoisotopic (exact) mass is 375 g/mol. The van der Waals surface area contributed by atoms with Gasteiger partial charge < -0.3 is 10.2 Å². The van der Waals surface area contributed by atoms with Crippen LogP contribution in [-0.4, -0.2) is 43.0 Å². The summed E-state index contributed by atoms with van der Waals surface area (Å²) in [5.41, 5.74) is 1.06. The third-order valence-corrected chi connectivity index (χ3v) is 5.86. The van der Waals surface area contributed by atoms with Gasteiger partial charge in [-0.1, -0.05) is 13.0 Å². The third-order valence-electron chi connectivity index (χ3n) is 4.92. The van der Waals surface area contributed by atoms with Crippen molar-refractivity contribution in [2.45, 2.75) is 32.4 Å². The molecule has 3 rings (SSSR count). The molecule has 2 aromatic rings. The molecule has 2 heterocycles. The molecule has 0 bridgehead atoms. The van der Waals surface area contributed by atoms with E-state index < -0.39 is 0 Å². The van der Waals surface area contributed by atoms with Crippen LogP contribution in [0.1, 0.15) is 31.2 Å². The number of carbonyl (C=O) groups excluding carboxylic acids is 1. The van der Waals surface area contributed by atoms with Crippen LogP contribution < -0.4 is 10.2 Å². The van der Waals surface area contributed by atoms with Gasteiger partial charge in [-0.05, 0) is 42.6 Å². The number of hydrogen-bond acceptors (Lipinski definition) is 4. The van der Waals surface area contributed by atoms with E-state index in [-0.39, 0.29) is 23.8 Å². The smallest absolute Gasteiger partial charge is 0.219 e. The number of nitrogens with one attached hydrogen (secondary N) is 1. The summed E-state index contributed by atoms with van der Waals surface area (Å²) in [7, 11) is 0. The number of thiophene rings is 1. The normalized spacial score (nSPS) is 17.7. The number of amides is 1. The number of rotatable bonds is 6. The minimum Gasteiger partial charge on any atom is -0.369 e. The molecule has 4 nitrogen and oxygen atoms in total. The summed E-state index contributed by atoms with van der Waals surface area (Å²) < 4.78 is 13.1. The lowest BCUT2D eigenvalue weighted by atomic mass is 10.0. The van der Waals surface area contributed by atoms with E-state index in [0.717, 1.165) is 31.9 Å². The van der Waals surface area contributed by atoms with E-state index in [9.17, 15) is 9.18 Å². The highest BCUT2D eigenvalue weighted by atomic mass is 32.1. The van der Waals surface area contributed by atoms with Gasteiger partial charge in [0.25, 0.3) is 0 Å². The van der Waals surface area contributed by atoms with Gasteiger partial charge in [0.1, 0.15) is 5.82 Å². The van der Waals surface area contributed by atoms with Crippen LogP contribution >= 0.6 is 11.3 Å². The van der Waals surface area contributed by atoms with Crippen LogP contribution in [0.5, 0.6) is 0 Å². The lowest BCUT2D eigenvalue weighted by molar-refractivity contribution is -0.121. The number of anilines is 1. The van der Waals surface area contributed by atoms with Gasteiger partial charge in [-0.25, -0.2) is 4.39 Å². The van der Waals surface area contributed by atoms with Crippen LogP contribution in [0.3, 0.4) is 0 Å². The first kappa shape index (κ1) is 18.9. The van der Waals surface area contributed by atoms with Gasteiger partial charge in [-0.3, -0.25) is 9.69 Å². The number of nitrogens with zero attached hydrogens (tertiary/aromatic N) is 2. The summed E-state index contributed by atoms with van der Waals surface area (Å²) in [6.45, 7) is 7.57. The van der Waals surface area contributed by atoms with Crippen molar-refractivity contribution in [1.82, 2.24) is 10.2 Å². The number of piperazine rings is 1. The molecule has 0 radical (unpaired) electrons. The standard InChI is InChI=1S/C20H26FN3OS/c1-3-19(25)22-15(2)20(18-5-4-14-26-18)24-12-10-23(11-13-24)17-8-6-16(21)7-9-17/h4-9,14-15,20H,3,10-13H2,1-2H3,(H,22,25)/t15-,20-/m0/s1. The van der Waals surface area contributed by atoms with Crippen LogP contribution in [0, 0.1) is 5.82 Å². The van der Waals surface area contributed by atoms with Crippen LogP contribution in [-0.2, 0) is 4.79 Å². The van der Waals surface area contributed by atoms with Crippen molar-refractivity contribution in [3.63, 3.8) is 0 Å². The molecule has 1 aromatic carbocycles. The Morgan fingerprint density at radius 2 is 1.88 bits per heavy atom. The predicted octanol–water partition coefficient (Wildman–Crippen LogP) is 3.67. The van der Waals surface area contributed by atoms with Crippen LogP contribution in [0.25, 0.3) is 0 Å². The van der Waals surface area contributed by atoms with E-state index >= 15 is 0 Å². The minimum absolute atomic E-state index is 0.0541. The third kappa shape index (κ3) is 4.43. The molecule has 1 N–H and O–H groups in total. The van der Waals surface area contributed by atoms with Gasteiger partial charge in [-0.15, -0.1) is 11.3 Å². The fraction of sp³-hybridized carbons (Fsp3) is 0.450. The summed E-state index contributed by atoms with van der Waals surface area (Å²) in [4.78, 5) is 17.9. The van der Waals surface area contributed by atoms with E-state index in [4.69, 9.17) is 0 Å². The Hall–Kier alpha value is -1.92. The van der Waals surface area contributed by atoms with Crippen LogP contribution in [0.15, 0.2) is 41.8 Å². The predicted molar refractivity (Wildman–Crippen MR) is 105 cm³/mol. The van der Waals surface area contributed by atoms with E-state index in [1.54, 1.807) is 11.3 Å². The molecule has 0 spiro atoms. The molecule has 0 unspecified atom stereocenters. The average molecular weight is 376 g/mol. The van der Waals surface area contributed by atoms with Crippen molar-refractivity contribution >= 4 is 22.9 Å². The molecule has 2 atom stereocenters. The summed E-state index contributed by atoms with van der Waals surface area (Å²) >= 11 is 1.74. The Bertz CT molecular complexity index is 696. The number of hydrogen-bond donors (Lipinski definition) is 1. The maximum atomic E-state index is 13.1. The van der Waals surface area contributed by atoms with Crippen LogP contribution in [0.4, 0.5) is 10.1 Å². The Balaban J connectivity index is 1.69. The molecule has 0 aliphatic carbocycles. The van der Waals surface area contributed by atoms with E-state index in [2.05, 4.69) is 39.6 Å². The second kappa shape index (κ2) is 8.64. The fourth-order valence-electron chi connectivity index (χ4n) is 3.55. The molecule has 1 aliphatic rings. The Kier molecular flexibility index (Phi) is 6.27. The van der Waals surface area contributed by atoms with Gasteiger partial charge in [0.05, 0.1) is 6.04 Å². The molecule has 6 heteroatoms. The van der Waals surface area contributed by atoms with Crippen molar-refractivity contribution in [3.8, 4) is 0 Å².